The summed E-state index contributed by atoms with van der Waals surface area (Å²) in [6, 6.07) is 0. The van der Waals surface area contributed by atoms with E-state index in [-0.39, 0.29) is 23.1 Å². The van der Waals surface area contributed by atoms with Gasteiger partial charge in [0.2, 0.25) is 0 Å². The SMILES string of the molecule is CCS(=O)(=O)CCNC1(C)CCOC1C. The van der Waals surface area contributed by atoms with Crippen LogP contribution in [0.5, 0.6) is 0 Å². The van der Waals surface area contributed by atoms with E-state index in [9.17, 15) is 8.42 Å². The first-order chi connectivity index (χ1) is 6.90. The topological polar surface area (TPSA) is 55.4 Å². The van der Waals surface area contributed by atoms with Gasteiger partial charge in [0.25, 0.3) is 0 Å². The molecule has 4 nitrogen and oxygen atoms in total. The summed E-state index contributed by atoms with van der Waals surface area (Å²) in [5.74, 6) is 0.434. The Kier molecular flexibility index (Phi) is 4.14. The van der Waals surface area contributed by atoms with Crippen LogP contribution in [0, 0.1) is 0 Å². The number of hydrogen-bond acceptors (Lipinski definition) is 4. The molecule has 1 aliphatic rings. The van der Waals surface area contributed by atoms with Crippen molar-refractivity contribution in [3.63, 3.8) is 0 Å². The van der Waals surface area contributed by atoms with E-state index in [0.29, 0.717) is 6.54 Å². The molecule has 1 N–H and O–H groups in total. The van der Waals surface area contributed by atoms with Crippen LogP contribution in [0.1, 0.15) is 27.2 Å². The Morgan fingerprint density at radius 1 is 1.53 bits per heavy atom. The lowest BCUT2D eigenvalue weighted by atomic mass is 9.95. The van der Waals surface area contributed by atoms with Gasteiger partial charge in [0.15, 0.2) is 9.84 Å². The molecule has 2 unspecified atom stereocenters. The average Bonchev–Trinajstić information content (AvgIpc) is 2.47. The molecule has 0 spiro atoms. The molecule has 0 amide bonds. The zero-order chi connectivity index (χ0) is 11.5. The number of hydrogen-bond donors (Lipinski definition) is 1. The van der Waals surface area contributed by atoms with Crippen LogP contribution < -0.4 is 5.32 Å². The molecule has 90 valence electrons. The fourth-order valence-corrected chi connectivity index (χ4v) is 2.41. The van der Waals surface area contributed by atoms with Crippen molar-refractivity contribution < 1.29 is 13.2 Å². The number of rotatable bonds is 5. The summed E-state index contributed by atoms with van der Waals surface area (Å²) < 4.78 is 28.0. The minimum atomic E-state index is -2.86. The Balaban J connectivity index is 2.37. The summed E-state index contributed by atoms with van der Waals surface area (Å²) in [7, 11) is -2.86. The first-order valence-corrected chi connectivity index (χ1v) is 7.29. The van der Waals surface area contributed by atoms with Crippen molar-refractivity contribution in [1.29, 1.82) is 0 Å². The molecule has 5 heteroatoms. The van der Waals surface area contributed by atoms with E-state index in [2.05, 4.69) is 12.2 Å². The van der Waals surface area contributed by atoms with E-state index in [1.54, 1.807) is 6.92 Å². The Bertz CT molecular complexity index is 302. The van der Waals surface area contributed by atoms with Gasteiger partial charge in [-0.05, 0) is 20.3 Å². The van der Waals surface area contributed by atoms with Gasteiger partial charge in [-0.2, -0.15) is 0 Å². The molecule has 0 aliphatic carbocycles. The third kappa shape index (κ3) is 3.43. The van der Waals surface area contributed by atoms with Crippen LogP contribution in [-0.2, 0) is 14.6 Å². The molecule has 1 heterocycles. The molecule has 0 aromatic rings. The van der Waals surface area contributed by atoms with E-state index in [1.807, 2.05) is 6.92 Å². The van der Waals surface area contributed by atoms with Crippen LogP contribution >= 0.6 is 0 Å². The van der Waals surface area contributed by atoms with Gasteiger partial charge in [-0.1, -0.05) is 6.92 Å². The molecule has 0 bridgehead atoms. The maximum atomic E-state index is 11.3. The van der Waals surface area contributed by atoms with E-state index in [1.165, 1.54) is 0 Å². The highest BCUT2D eigenvalue weighted by Gasteiger charge is 2.36. The van der Waals surface area contributed by atoms with E-state index < -0.39 is 9.84 Å². The van der Waals surface area contributed by atoms with Gasteiger partial charge in [-0.3, -0.25) is 0 Å². The average molecular weight is 235 g/mol. The fourth-order valence-electron chi connectivity index (χ4n) is 1.70. The molecule has 0 aromatic heterocycles. The zero-order valence-corrected chi connectivity index (χ0v) is 10.6. The molecule has 1 aliphatic heterocycles. The first kappa shape index (κ1) is 12.9. The van der Waals surface area contributed by atoms with Crippen LogP contribution in [-0.4, -0.2) is 44.7 Å². The molecule has 0 saturated carbocycles. The smallest absolute Gasteiger partial charge is 0.151 e. The van der Waals surface area contributed by atoms with Crippen molar-refractivity contribution in [3.05, 3.63) is 0 Å². The summed E-state index contributed by atoms with van der Waals surface area (Å²) in [4.78, 5) is 0. The maximum absolute atomic E-state index is 11.3. The molecule has 0 radical (unpaired) electrons. The zero-order valence-electron chi connectivity index (χ0n) is 9.75. The summed E-state index contributed by atoms with van der Waals surface area (Å²) in [6.45, 7) is 7.06. The van der Waals surface area contributed by atoms with E-state index in [0.717, 1.165) is 13.0 Å². The maximum Gasteiger partial charge on any atom is 0.151 e. The largest absolute Gasteiger partial charge is 0.377 e. The lowest BCUT2D eigenvalue weighted by molar-refractivity contribution is 0.0895. The Hall–Kier alpha value is -0.130. The van der Waals surface area contributed by atoms with Crippen LogP contribution in [0.4, 0.5) is 0 Å². The van der Waals surface area contributed by atoms with Gasteiger partial charge in [0.05, 0.1) is 11.9 Å². The Morgan fingerprint density at radius 3 is 2.67 bits per heavy atom. The fraction of sp³-hybridized carbons (Fsp3) is 1.00. The third-order valence-corrected chi connectivity index (χ3v) is 4.97. The second-order valence-electron chi connectivity index (χ2n) is 4.34. The molecule has 2 atom stereocenters. The first-order valence-electron chi connectivity index (χ1n) is 5.47. The van der Waals surface area contributed by atoms with E-state index in [4.69, 9.17) is 4.74 Å². The lowest BCUT2D eigenvalue weighted by Gasteiger charge is -2.28. The second-order valence-corrected chi connectivity index (χ2v) is 6.82. The number of nitrogens with one attached hydrogen (secondary N) is 1. The molecule has 0 aromatic carbocycles. The predicted molar refractivity (Wildman–Crippen MR) is 60.8 cm³/mol. The lowest BCUT2D eigenvalue weighted by Crippen LogP contribution is -2.49. The van der Waals surface area contributed by atoms with Crippen molar-refractivity contribution in [2.24, 2.45) is 0 Å². The van der Waals surface area contributed by atoms with Gasteiger partial charge < -0.3 is 10.1 Å². The van der Waals surface area contributed by atoms with Gasteiger partial charge in [-0.25, -0.2) is 8.42 Å². The number of ether oxygens (including phenoxy) is 1. The Morgan fingerprint density at radius 2 is 2.20 bits per heavy atom. The van der Waals surface area contributed by atoms with Crippen LogP contribution in [0.15, 0.2) is 0 Å². The summed E-state index contributed by atoms with van der Waals surface area (Å²) in [6.07, 6.45) is 1.10. The van der Waals surface area contributed by atoms with Gasteiger partial charge in [0, 0.05) is 24.4 Å². The summed E-state index contributed by atoms with van der Waals surface area (Å²) >= 11 is 0. The minimum absolute atomic E-state index is 0.0662. The molecule has 1 saturated heterocycles. The van der Waals surface area contributed by atoms with Gasteiger partial charge in [0.1, 0.15) is 0 Å². The third-order valence-electron chi connectivity index (χ3n) is 3.27. The van der Waals surface area contributed by atoms with Crippen molar-refractivity contribution in [1.82, 2.24) is 5.32 Å². The molecule has 1 fully saturated rings. The molecular weight excluding hydrogens is 214 g/mol. The standard InChI is InChI=1S/C10H21NO3S/c1-4-15(12,13)8-6-11-10(3)5-7-14-9(10)2/h9,11H,4-8H2,1-3H3. The Labute approximate surface area is 92.3 Å². The molecule has 15 heavy (non-hydrogen) atoms. The quantitative estimate of drug-likeness (QED) is 0.757. The summed E-state index contributed by atoms with van der Waals surface area (Å²) in [5.41, 5.74) is -0.0662. The predicted octanol–water partition coefficient (Wildman–Crippen LogP) is 0.578. The van der Waals surface area contributed by atoms with Crippen LogP contribution in [0.2, 0.25) is 0 Å². The normalized spacial score (nSPS) is 32.1. The summed E-state index contributed by atoms with van der Waals surface area (Å²) in [5, 5.41) is 3.29. The van der Waals surface area contributed by atoms with Crippen molar-refractivity contribution >= 4 is 9.84 Å². The van der Waals surface area contributed by atoms with Crippen LogP contribution in [0.25, 0.3) is 0 Å². The van der Waals surface area contributed by atoms with Gasteiger partial charge >= 0.3 is 0 Å². The monoisotopic (exact) mass is 235 g/mol. The highest BCUT2D eigenvalue weighted by atomic mass is 32.2. The van der Waals surface area contributed by atoms with Crippen molar-refractivity contribution in [2.75, 3.05) is 24.7 Å². The minimum Gasteiger partial charge on any atom is -0.377 e. The molecule has 1 rings (SSSR count). The highest BCUT2D eigenvalue weighted by molar-refractivity contribution is 7.91. The van der Waals surface area contributed by atoms with Crippen molar-refractivity contribution in [2.45, 2.75) is 38.8 Å². The second kappa shape index (κ2) is 4.80. The van der Waals surface area contributed by atoms with Crippen molar-refractivity contribution in [3.8, 4) is 0 Å². The molecular formula is C10H21NO3S. The van der Waals surface area contributed by atoms with E-state index >= 15 is 0 Å². The van der Waals surface area contributed by atoms with Crippen LogP contribution in [0.3, 0.4) is 0 Å². The highest BCUT2D eigenvalue weighted by Crippen LogP contribution is 2.24. The van der Waals surface area contributed by atoms with Gasteiger partial charge in [-0.15, -0.1) is 0 Å². The number of sulfone groups is 1.